The molecule has 1 aromatic heterocycles. The van der Waals surface area contributed by atoms with E-state index in [-0.39, 0.29) is 11.4 Å². The molecule has 7 nitrogen and oxygen atoms in total. The minimum absolute atomic E-state index is 0.0954. The van der Waals surface area contributed by atoms with Crippen molar-refractivity contribution in [3.63, 3.8) is 0 Å². The van der Waals surface area contributed by atoms with Gasteiger partial charge in [-0.2, -0.15) is 0 Å². The standard InChI is InChI=1S/C12H21N5O2/c1-15(2)12(6-4-5-7-12)8-13-10-11(17(18)19)14-9-16(10)3/h9,13H,4-8H2,1-3H3. The summed E-state index contributed by atoms with van der Waals surface area (Å²) in [4.78, 5) is 16.5. The van der Waals surface area contributed by atoms with Crippen LogP contribution >= 0.6 is 0 Å². The van der Waals surface area contributed by atoms with Crippen LogP contribution in [0.15, 0.2) is 6.33 Å². The highest BCUT2D eigenvalue weighted by atomic mass is 16.6. The molecule has 0 aliphatic heterocycles. The van der Waals surface area contributed by atoms with Crippen LogP contribution in [-0.4, -0.2) is 45.6 Å². The number of nitrogens with zero attached hydrogens (tertiary/aromatic N) is 4. The SMILES string of the molecule is CN(C)C1(CNc2c([N+](=O)[O-])ncn2C)CCCC1. The Morgan fingerprint density at radius 2 is 2.16 bits per heavy atom. The fourth-order valence-electron chi connectivity index (χ4n) is 2.82. The molecule has 0 amide bonds. The predicted molar refractivity (Wildman–Crippen MR) is 73.2 cm³/mol. The monoisotopic (exact) mass is 267 g/mol. The molecule has 2 rings (SSSR count). The molecule has 0 radical (unpaired) electrons. The van der Waals surface area contributed by atoms with Gasteiger partial charge in [-0.05, 0) is 36.8 Å². The van der Waals surface area contributed by atoms with E-state index in [1.165, 1.54) is 19.2 Å². The summed E-state index contributed by atoms with van der Waals surface area (Å²) in [6.07, 6.45) is 6.15. The van der Waals surface area contributed by atoms with E-state index in [2.05, 4.69) is 29.3 Å². The lowest BCUT2D eigenvalue weighted by Crippen LogP contribution is -2.47. The molecule has 0 saturated heterocycles. The summed E-state index contributed by atoms with van der Waals surface area (Å²) in [6.45, 7) is 0.709. The van der Waals surface area contributed by atoms with Gasteiger partial charge in [0.15, 0.2) is 0 Å². The van der Waals surface area contributed by atoms with E-state index in [4.69, 9.17) is 0 Å². The minimum Gasteiger partial charge on any atom is -0.362 e. The quantitative estimate of drug-likeness (QED) is 0.648. The van der Waals surface area contributed by atoms with Crippen LogP contribution in [0.1, 0.15) is 25.7 Å². The molecule has 1 heterocycles. The van der Waals surface area contributed by atoms with Gasteiger partial charge in [0.25, 0.3) is 0 Å². The Morgan fingerprint density at radius 1 is 1.53 bits per heavy atom. The van der Waals surface area contributed by atoms with E-state index in [9.17, 15) is 10.1 Å². The molecule has 0 bridgehead atoms. The Bertz CT molecular complexity index is 463. The molecule has 1 saturated carbocycles. The lowest BCUT2D eigenvalue weighted by molar-refractivity contribution is -0.388. The minimum atomic E-state index is -0.445. The normalized spacial score (nSPS) is 17.9. The van der Waals surface area contributed by atoms with Crippen LogP contribution in [-0.2, 0) is 7.05 Å². The van der Waals surface area contributed by atoms with Gasteiger partial charge in [0.05, 0.1) is 0 Å². The first-order chi connectivity index (χ1) is 8.96. The van der Waals surface area contributed by atoms with E-state index in [0.717, 1.165) is 12.8 Å². The fraction of sp³-hybridized carbons (Fsp3) is 0.750. The zero-order valence-corrected chi connectivity index (χ0v) is 11.7. The van der Waals surface area contributed by atoms with Crippen LogP contribution < -0.4 is 5.32 Å². The van der Waals surface area contributed by atoms with Crippen molar-refractivity contribution in [1.82, 2.24) is 14.5 Å². The van der Waals surface area contributed by atoms with Gasteiger partial charge >= 0.3 is 5.82 Å². The second-order valence-electron chi connectivity index (χ2n) is 5.46. The molecule has 1 N–H and O–H groups in total. The summed E-state index contributed by atoms with van der Waals surface area (Å²) in [5.41, 5.74) is 0.0954. The van der Waals surface area contributed by atoms with E-state index < -0.39 is 4.92 Å². The maximum atomic E-state index is 10.9. The zero-order valence-electron chi connectivity index (χ0n) is 11.7. The number of anilines is 1. The molecule has 1 aromatic rings. The number of likely N-dealkylation sites (N-methyl/N-ethyl adjacent to an activating group) is 1. The van der Waals surface area contributed by atoms with Crippen molar-refractivity contribution in [2.75, 3.05) is 26.0 Å². The summed E-state index contributed by atoms with van der Waals surface area (Å²) in [6, 6.07) is 0. The summed E-state index contributed by atoms with van der Waals surface area (Å²) in [5.74, 6) is 0.382. The molecule has 7 heteroatoms. The molecule has 0 spiro atoms. The fourth-order valence-corrected chi connectivity index (χ4v) is 2.82. The Kier molecular flexibility index (Phi) is 3.75. The maximum absolute atomic E-state index is 10.9. The van der Waals surface area contributed by atoms with Crippen molar-refractivity contribution in [3.05, 3.63) is 16.4 Å². The highest BCUT2D eigenvalue weighted by Gasteiger charge is 2.36. The number of hydrogen-bond acceptors (Lipinski definition) is 5. The average Bonchev–Trinajstić information content (AvgIpc) is 2.94. The molecule has 0 aromatic carbocycles. The number of imidazole rings is 1. The average molecular weight is 267 g/mol. The van der Waals surface area contributed by atoms with E-state index in [0.29, 0.717) is 12.4 Å². The first-order valence-electron chi connectivity index (χ1n) is 6.53. The summed E-state index contributed by atoms with van der Waals surface area (Å²) < 4.78 is 1.66. The number of nitro groups is 1. The Hall–Kier alpha value is -1.63. The second kappa shape index (κ2) is 5.16. The van der Waals surface area contributed by atoms with E-state index >= 15 is 0 Å². The molecular formula is C12H21N5O2. The van der Waals surface area contributed by atoms with Crippen LogP contribution in [0.25, 0.3) is 0 Å². The Morgan fingerprint density at radius 3 is 2.68 bits per heavy atom. The van der Waals surface area contributed by atoms with Gasteiger partial charge in [0, 0.05) is 19.1 Å². The molecule has 1 aliphatic carbocycles. The van der Waals surface area contributed by atoms with Crippen molar-refractivity contribution in [3.8, 4) is 0 Å². The van der Waals surface area contributed by atoms with Crippen molar-refractivity contribution < 1.29 is 4.92 Å². The smallest absolute Gasteiger partial charge is 0.362 e. The molecule has 1 fully saturated rings. The van der Waals surface area contributed by atoms with Gasteiger partial charge in [-0.25, -0.2) is 0 Å². The highest BCUT2D eigenvalue weighted by Crippen LogP contribution is 2.34. The maximum Gasteiger partial charge on any atom is 0.406 e. The Balaban J connectivity index is 2.14. The summed E-state index contributed by atoms with van der Waals surface area (Å²) in [7, 11) is 5.91. The summed E-state index contributed by atoms with van der Waals surface area (Å²) in [5, 5.41) is 14.1. The van der Waals surface area contributed by atoms with Crippen LogP contribution in [0.4, 0.5) is 11.6 Å². The van der Waals surface area contributed by atoms with Crippen LogP contribution in [0, 0.1) is 10.1 Å². The zero-order chi connectivity index (χ0) is 14.0. The first-order valence-corrected chi connectivity index (χ1v) is 6.53. The molecule has 0 unspecified atom stereocenters. The predicted octanol–water partition coefficient (Wildman–Crippen LogP) is 1.61. The van der Waals surface area contributed by atoms with Gasteiger partial charge in [0.1, 0.15) is 0 Å². The molecule has 1 aliphatic rings. The van der Waals surface area contributed by atoms with Gasteiger partial charge in [-0.1, -0.05) is 12.8 Å². The van der Waals surface area contributed by atoms with Crippen molar-refractivity contribution in [2.45, 2.75) is 31.2 Å². The van der Waals surface area contributed by atoms with E-state index in [1.54, 1.807) is 11.6 Å². The Labute approximate surface area is 112 Å². The van der Waals surface area contributed by atoms with Gasteiger partial charge < -0.3 is 20.3 Å². The van der Waals surface area contributed by atoms with Crippen LogP contribution in [0.5, 0.6) is 0 Å². The molecule has 19 heavy (non-hydrogen) atoms. The van der Waals surface area contributed by atoms with Crippen LogP contribution in [0.2, 0.25) is 0 Å². The highest BCUT2D eigenvalue weighted by molar-refractivity contribution is 5.52. The first kappa shape index (κ1) is 13.8. The number of hydrogen-bond donors (Lipinski definition) is 1. The van der Waals surface area contributed by atoms with Gasteiger partial charge in [0.2, 0.25) is 12.1 Å². The largest absolute Gasteiger partial charge is 0.406 e. The molecular weight excluding hydrogens is 246 g/mol. The third kappa shape index (κ3) is 2.56. The second-order valence-corrected chi connectivity index (χ2v) is 5.46. The number of aromatic nitrogens is 2. The lowest BCUT2D eigenvalue weighted by atomic mass is 9.96. The third-order valence-corrected chi connectivity index (χ3v) is 4.16. The topological polar surface area (TPSA) is 76.2 Å². The third-order valence-electron chi connectivity index (χ3n) is 4.16. The van der Waals surface area contributed by atoms with E-state index in [1.807, 2.05) is 0 Å². The lowest BCUT2D eigenvalue weighted by Gasteiger charge is -2.36. The van der Waals surface area contributed by atoms with Crippen LogP contribution in [0.3, 0.4) is 0 Å². The summed E-state index contributed by atoms with van der Waals surface area (Å²) >= 11 is 0. The molecule has 0 atom stereocenters. The van der Waals surface area contributed by atoms with Crippen molar-refractivity contribution in [2.24, 2.45) is 7.05 Å². The van der Waals surface area contributed by atoms with Gasteiger partial charge in [-0.3, -0.25) is 4.57 Å². The van der Waals surface area contributed by atoms with Gasteiger partial charge in [-0.15, -0.1) is 0 Å². The van der Waals surface area contributed by atoms with Crippen molar-refractivity contribution >= 4 is 11.6 Å². The number of rotatable bonds is 5. The number of nitrogens with one attached hydrogen (secondary N) is 1. The van der Waals surface area contributed by atoms with Crippen molar-refractivity contribution in [1.29, 1.82) is 0 Å². The molecule has 106 valence electrons. The number of aryl methyl sites for hydroxylation is 1.